The average Bonchev–Trinajstić information content (AvgIpc) is 3.50. The molecule has 0 unspecified atom stereocenters. The Morgan fingerprint density at radius 3 is 2.49 bits per heavy atom. The molecule has 41 heavy (non-hydrogen) atoms. The Hall–Kier alpha value is -3.26. The summed E-state index contributed by atoms with van der Waals surface area (Å²) in [5.41, 5.74) is -6.11. The zero-order valence-corrected chi connectivity index (χ0v) is 23.3. The minimum absolute atomic E-state index is 0.0135. The first-order valence-electron chi connectivity index (χ1n) is 13.5. The third-order valence-corrected chi connectivity index (χ3v) is 10.5. The molecule has 0 saturated heterocycles. The first-order valence-corrected chi connectivity index (χ1v) is 13.5. The van der Waals surface area contributed by atoms with Crippen molar-refractivity contribution in [1.29, 1.82) is 0 Å². The lowest BCUT2D eigenvalue weighted by molar-refractivity contribution is -0.222. The number of carbonyl (C=O) groups is 2. The second-order valence-electron chi connectivity index (χ2n) is 12.2. The topological polar surface area (TPSA) is 188 Å². The number of hydrogen-bond donors (Lipinski definition) is 5. The maximum Gasteiger partial charge on any atom is 0.332 e. The molecule has 4 aliphatic rings. The number of imidazole rings is 1. The van der Waals surface area contributed by atoms with E-state index in [2.05, 4.69) is 9.97 Å². The lowest BCUT2D eigenvalue weighted by atomic mass is 9.44. The van der Waals surface area contributed by atoms with Crippen LogP contribution < -0.4 is 11.2 Å². The van der Waals surface area contributed by atoms with Crippen molar-refractivity contribution in [2.24, 2.45) is 36.8 Å². The van der Waals surface area contributed by atoms with Crippen LogP contribution >= 0.6 is 0 Å². The summed E-state index contributed by atoms with van der Waals surface area (Å²) in [5, 5.41) is 42.1. The van der Waals surface area contributed by atoms with Crippen LogP contribution in [0, 0.1) is 22.7 Å². The number of aryl methyl sites for hydroxylation is 1. The third kappa shape index (κ3) is 3.62. The fraction of sp³-hybridized carbons (Fsp3) is 0.607. The number of Topliss-reactive ketones (excluding diaryl/α,β-unsaturated/α-hetero) is 1. The largest absolute Gasteiger partial charge is 0.390 e. The van der Waals surface area contributed by atoms with Crippen molar-refractivity contribution in [3.05, 3.63) is 51.0 Å². The van der Waals surface area contributed by atoms with Crippen molar-refractivity contribution in [3.8, 4) is 0 Å². The predicted octanol–water partition coefficient (Wildman–Crippen LogP) is -0.419. The quantitative estimate of drug-likeness (QED) is 0.317. The molecule has 0 spiro atoms. The first-order chi connectivity index (χ1) is 19.1. The van der Waals surface area contributed by atoms with Crippen molar-refractivity contribution in [3.63, 3.8) is 0 Å². The Labute approximate surface area is 233 Å². The number of hydrogen-bond acceptors (Lipinski definition) is 9. The number of carbonyl (C=O) groups excluding carboxylic acids is 2. The maximum absolute atomic E-state index is 16.8. The molecule has 2 heterocycles. The molecule has 2 aromatic heterocycles. The Kier molecular flexibility index (Phi) is 6.69. The molecule has 4 aliphatic carbocycles. The second kappa shape index (κ2) is 9.38. The molecular weight excluding hydrogens is 539 g/mol. The molecule has 0 aliphatic heterocycles. The predicted molar refractivity (Wildman–Crippen MR) is 143 cm³/mol. The van der Waals surface area contributed by atoms with E-state index in [0.29, 0.717) is 29.6 Å². The Morgan fingerprint density at radius 2 is 1.83 bits per heavy atom. The highest BCUT2D eigenvalue weighted by Crippen LogP contribution is 2.69. The molecule has 222 valence electrons. The summed E-state index contributed by atoms with van der Waals surface area (Å²) in [6.07, 6.45) is 3.32. The highest BCUT2D eigenvalue weighted by molar-refractivity contribution is 6.01. The SMILES string of the molecule is C[C@]12C=CC(=O)C=C1CC[C@H]1[C@@H]3C[C@@H](O)[C@](O)(C(=O)CO)[C@@]3(C)C[C@H](O)[C@@]12F.Cn1c(=O)c2[nH]cnc2n(C)c1=O. The van der Waals surface area contributed by atoms with Crippen LogP contribution in [0.2, 0.25) is 0 Å². The molecule has 0 radical (unpaired) electrons. The standard InChI is InChI=1S/C21H27FO6.C7H8N4O2/c1-18-6-5-12(24)7-11(18)3-4-13-14-8-15(25)21(28,17(27)10-23)19(14,2)9-16(26)20(13,18)22;1-10-5-4(8-3-9-5)6(12)11(2)7(10)13/h5-7,13-16,23,25-26,28H,3-4,8-10H2,1-2H3;3H,1-2H3,(H,8,9)/t13-,14-,15+,16-,18-,19-,20-,21-;/m0./s1. The number of fused-ring (bicyclic) bond motifs is 6. The number of nitrogens with one attached hydrogen (secondary N) is 1. The van der Waals surface area contributed by atoms with Crippen LogP contribution in [0.4, 0.5) is 4.39 Å². The minimum atomic E-state index is -2.23. The van der Waals surface area contributed by atoms with Crippen molar-refractivity contribution in [1.82, 2.24) is 19.1 Å². The fourth-order valence-corrected chi connectivity index (χ4v) is 8.12. The molecule has 3 saturated carbocycles. The van der Waals surface area contributed by atoms with E-state index in [4.69, 9.17) is 0 Å². The van der Waals surface area contributed by atoms with E-state index in [1.54, 1.807) is 20.9 Å². The van der Waals surface area contributed by atoms with Gasteiger partial charge < -0.3 is 25.4 Å². The van der Waals surface area contributed by atoms with Crippen LogP contribution in [0.1, 0.15) is 39.5 Å². The molecule has 13 heteroatoms. The normalized spacial score (nSPS) is 39.3. The molecule has 3 fully saturated rings. The van der Waals surface area contributed by atoms with Gasteiger partial charge in [0.2, 0.25) is 0 Å². The van der Waals surface area contributed by atoms with Gasteiger partial charge in [-0.25, -0.2) is 14.2 Å². The highest BCUT2D eigenvalue weighted by Gasteiger charge is 2.76. The van der Waals surface area contributed by atoms with Crippen LogP contribution in [-0.4, -0.2) is 81.2 Å². The third-order valence-electron chi connectivity index (χ3n) is 10.5. The van der Waals surface area contributed by atoms with Gasteiger partial charge in [0, 0.05) is 30.8 Å². The summed E-state index contributed by atoms with van der Waals surface area (Å²) in [4.78, 5) is 53.6. The van der Waals surface area contributed by atoms with Crippen LogP contribution in [-0.2, 0) is 23.7 Å². The summed E-state index contributed by atoms with van der Waals surface area (Å²) in [6, 6.07) is 0. The average molecular weight is 575 g/mol. The van der Waals surface area contributed by atoms with Gasteiger partial charge in [-0.3, -0.25) is 23.5 Å². The van der Waals surface area contributed by atoms with Crippen LogP contribution in [0.15, 0.2) is 39.7 Å². The van der Waals surface area contributed by atoms with Crippen LogP contribution in [0.3, 0.4) is 0 Å². The Morgan fingerprint density at radius 1 is 1.15 bits per heavy atom. The van der Waals surface area contributed by atoms with Gasteiger partial charge in [0.25, 0.3) is 5.56 Å². The number of nitrogens with zero attached hydrogens (tertiary/aromatic N) is 3. The van der Waals surface area contributed by atoms with Gasteiger partial charge in [-0.2, -0.15) is 0 Å². The van der Waals surface area contributed by atoms with E-state index < -0.39 is 58.5 Å². The number of halogens is 1. The number of allylic oxidation sites excluding steroid dienone is 4. The van der Waals surface area contributed by atoms with Gasteiger partial charge in [-0.1, -0.05) is 18.6 Å². The van der Waals surface area contributed by atoms with E-state index in [1.165, 1.54) is 36.2 Å². The number of rotatable bonds is 2. The second-order valence-corrected chi connectivity index (χ2v) is 12.2. The van der Waals surface area contributed by atoms with Crippen molar-refractivity contribution < 1.29 is 34.4 Å². The molecule has 6 rings (SSSR count). The number of ketones is 2. The van der Waals surface area contributed by atoms with E-state index in [0.717, 1.165) is 4.57 Å². The number of alkyl halides is 1. The number of aliphatic hydroxyl groups is 4. The fourth-order valence-electron chi connectivity index (χ4n) is 8.12. The molecule has 0 aromatic carbocycles. The zero-order chi connectivity index (χ0) is 30.3. The van der Waals surface area contributed by atoms with E-state index in [9.17, 15) is 39.6 Å². The maximum atomic E-state index is 16.8. The highest BCUT2D eigenvalue weighted by atomic mass is 19.1. The Bertz CT molecular complexity index is 1620. The van der Waals surface area contributed by atoms with Crippen LogP contribution in [0.25, 0.3) is 11.2 Å². The lowest BCUT2D eigenvalue weighted by Crippen LogP contribution is -2.69. The number of aliphatic hydroxyl groups excluding tert-OH is 3. The van der Waals surface area contributed by atoms with Crippen molar-refractivity contribution in [2.75, 3.05) is 6.61 Å². The van der Waals surface area contributed by atoms with E-state index in [-0.39, 0.29) is 29.9 Å². The monoisotopic (exact) mass is 574 g/mol. The van der Waals surface area contributed by atoms with Crippen LogP contribution in [0.5, 0.6) is 0 Å². The van der Waals surface area contributed by atoms with E-state index >= 15 is 4.39 Å². The molecule has 0 amide bonds. The van der Waals surface area contributed by atoms with Gasteiger partial charge >= 0.3 is 5.69 Å². The zero-order valence-electron chi connectivity index (χ0n) is 23.3. The lowest BCUT2D eigenvalue weighted by Gasteiger charge is -2.62. The van der Waals surface area contributed by atoms with Gasteiger partial charge in [-0.15, -0.1) is 0 Å². The molecule has 12 nitrogen and oxygen atoms in total. The minimum Gasteiger partial charge on any atom is -0.390 e. The van der Waals surface area contributed by atoms with E-state index in [1.807, 2.05) is 0 Å². The van der Waals surface area contributed by atoms with Crippen molar-refractivity contribution >= 4 is 22.7 Å². The molecule has 5 N–H and O–H groups in total. The first kappa shape index (κ1) is 29.2. The Balaban J connectivity index is 0.000000216. The van der Waals surface area contributed by atoms with Gasteiger partial charge in [0.1, 0.15) is 12.1 Å². The molecular formula is C28H35FN4O8. The summed E-state index contributed by atoms with van der Waals surface area (Å²) in [7, 11) is 3.01. The summed E-state index contributed by atoms with van der Waals surface area (Å²) in [5.74, 6) is -2.38. The molecule has 0 bridgehead atoms. The molecule has 2 aromatic rings. The molecule has 8 atom stereocenters. The number of H-pyrrole nitrogens is 1. The van der Waals surface area contributed by atoms with Gasteiger partial charge in [-0.05, 0) is 50.7 Å². The summed E-state index contributed by atoms with van der Waals surface area (Å²) < 4.78 is 19.1. The number of aromatic nitrogens is 4. The number of aromatic amines is 1. The smallest absolute Gasteiger partial charge is 0.332 e. The van der Waals surface area contributed by atoms with Gasteiger partial charge in [0.05, 0.1) is 18.5 Å². The van der Waals surface area contributed by atoms with Crippen molar-refractivity contribution in [2.45, 2.75) is 63.0 Å². The summed E-state index contributed by atoms with van der Waals surface area (Å²) in [6.45, 7) is 2.33. The summed E-state index contributed by atoms with van der Waals surface area (Å²) >= 11 is 0. The van der Waals surface area contributed by atoms with Gasteiger partial charge in [0.15, 0.2) is 28.5 Å².